The van der Waals surface area contributed by atoms with Crippen LogP contribution < -0.4 is 5.32 Å². The molecule has 0 aromatic carbocycles. The molecule has 0 atom stereocenters. The molecule has 0 aliphatic carbocycles. The maximum absolute atomic E-state index is 11.1. The Balaban J connectivity index is 1.80. The average molecular weight is 245 g/mol. The first-order valence-electron chi connectivity index (χ1n) is 6.42. The van der Waals surface area contributed by atoms with Crippen LogP contribution in [-0.2, 0) is 11.2 Å². The number of hydrogen-bond donors (Lipinski definition) is 1. The number of unbranched alkanes of at least 4 members (excludes halogenated alkanes) is 2. The molecule has 0 saturated heterocycles. The monoisotopic (exact) mass is 245 g/mol. The van der Waals surface area contributed by atoms with Gasteiger partial charge in [0.1, 0.15) is 0 Å². The summed E-state index contributed by atoms with van der Waals surface area (Å²) in [6, 6.07) is 6.26. The van der Waals surface area contributed by atoms with Crippen molar-refractivity contribution in [3.8, 4) is 0 Å². The van der Waals surface area contributed by atoms with E-state index in [0.29, 0.717) is 6.42 Å². The van der Waals surface area contributed by atoms with Gasteiger partial charge in [-0.05, 0) is 31.4 Å². The Labute approximate surface area is 107 Å². The van der Waals surface area contributed by atoms with Gasteiger partial charge in [0.25, 0.3) is 0 Å². The number of pyridine rings is 1. The number of nitrogens with one attached hydrogen (secondary N) is 1. The number of fused-ring (bicyclic) bond motifs is 1. The van der Waals surface area contributed by atoms with Crippen LogP contribution in [0.15, 0.2) is 30.7 Å². The van der Waals surface area contributed by atoms with Gasteiger partial charge in [-0.1, -0.05) is 12.5 Å². The van der Waals surface area contributed by atoms with Crippen LogP contribution in [0.5, 0.6) is 0 Å². The molecule has 4 nitrogen and oxygen atoms in total. The van der Waals surface area contributed by atoms with Crippen LogP contribution in [0.25, 0.3) is 5.52 Å². The maximum Gasteiger partial charge on any atom is 0.219 e. The molecular formula is C14H19N3O. The van der Waals surface area contributed by atoms with Gasteiger partial charge in [-0.15, -0.1) is 0 Å². The van der Waals surface area contributed by atoms with E-state index in [0.717, 1.165) is 31.2 Å². The van der Waals surface area contributed by atoms with E-state index in [1.807, 2.05) is 12.5 Å². The highest BCUT2D eigenvalue weighted by Crippen LogP contribution is 2.11. The van der Waals surface area contributed by atoms with Crippen molar-refractivity contribution in [3.05, 3.63) is 36.4 Å². The number of rotatable bonds is 6. The largest absolute Gasteiger partial charge is 0.359 e. The van der Waals surface area contributed by atoms with Crippen molar-refractivity contribution in [1.82, 2.24) is 14.7 Å². The van der Waals surface area contributed by atoms with E-state index in [-0.39, 0.29) is 5.91 Å². The summed E-state index contributed by atoms with van der Waals surface area (Å²) in [7, 11) is 1.68. The molecule has 96 valence electrons. The lowest BCUT2D eigenvalue weighted by atomic mass is 10.1. The van der Waals surface area contributed by atoms with Gasteiger partial charge >= 0.3 is 0 Å². The standard InChI is InChI=1S/C14H19N3O/c1-15-14(18)9-4-2-3-6-12-7-5-8-13-10-16-11-17(12)13/h5,7-8,10-11H,2-4,6,9H2,1H3,(H,15,18). The van der Waals surface area contributed by atoms with Crippen LogP contribution in [0.4, 0.5) is 0 Å². The van der Waals surface area contributed by atoms with Crippen molar-refractivity contribution in [1.29, 1.82) is 0 Å². The van der Waals surface area contributed by atoms with Crippen LogP contribution in [-0.4, -0.2) is 22.3 Å². The Morgan fingerprint density at radius 1 is 1.33 bits per heavy atom. The fourth-order valence-corrected chi connectivity index (χ4v) is 2.10. The zero-order chi connectivity index (χ0) is 12.8. The van der Waals surface area contributed by atoms with Crippen molar-refractivity contribution >= 4 is 11.4 Å². The van der Waals surface area contributed by atoms with Crippen LogP contribution in [0.3, 0.4) is 0 Å². The third kappa shape index (κ3) is 3.09. The van der Waals surface area contributed by atoms with E-state index in [2.05, 4.69) is 32.9 Å². The number of hydrogen-bond acceptors (Lipinski definition) is 2. The van der Waals surface area contributed by atoms with E-state index >= 15 is 0 Å². The molecule has 1 amide bonds. The highest BCUT2D eigenvalue weighted by molar-refractivity contribution is 5.75. The fourth-order valence-electron chi connectivity index (χ4n) is 2.10. The first kappa shape index (κ1) is 12.6. The molecule has 0 spiro atoms. The van der Waals surface area contributed by atoms with Gasteiger partial charge in [-0.2, -0.15) is 0 Å². The molecule has 0 fully saturated rings. The van der Waals surface area contributed by atoms with Gasteiger partial charge in [0.2, 0.25) is 5.91 Å². The lowest BCUT2D eigenvalue weighted by Gasteiger charge is -2.05. The normalized spacial score (nSPS) is 10.7. The minimum Gasteiger partial charge on any atom is -0.359 e. The molecule has 0 bridgehead atoms. The Bertz CT molecular complexity index is 518. The zero-order valence-corrected chi connectivity index (χ0v) is 10.7. The SMILES string of the molecule is CNC(=O)CCCCCc1cccc2cncn12. The maximum atomic E-state index is 11.1. The summed E-state index contributed by atoms with van der Waals surface area (Å²) < 4.78 is 2.12. The van der Waals surface area contributed by atoms with Gasteiger partial charge in [0, 0.05) is 19.2 Å². The third-order valence-electron chi connectivity index (χ3n) is 3.15. The molecule has 0 aliphatic rings. The van der Waals surface area contributed by atoms with Gasteiger partial charge in [0.15, 0.2) is 0 Å². The third-order valence-corrected chi connectivity index (χ3v) is 3.15. The predicted molar refractivity (Wildman–Crippen MR) is 71.4 cm³/mol. The predicted octanol–water partition coefficient (Wildman–Crippen LogP) is 2.18. The van der Waals surface area contributed by atoms with Crippen LogP contribution in [0.2, 0.25) is 0 Å². The Hall–Kier alpha value is -1.84. The van der Waals surface area contributed by atoms with Crippen molar-refractivity contribution in [2.45, 2.75) is 32.1 Å². The number of amides is 1. The number of carbonyl (C=O) groups excluding carboxylic acids is 1. The molecule has 0 saturated carbocycles. The van der Waals surface area contributed by atoms with E-state index in [4.69, 9.17) is 0 Å². The second-order valence-electron chi connectivity index (χ2n) is 4.44. The molecule has 2 aromatic rings. The minimum absolute atomic E-state index is 0.131. The van der Waals surface area contributed by atoms with Crippen molar-refractivity contribution in [2.75, 3.05) is 7.05 Å². The summed E-state index contributed by atoms with van der Waals surface area (Å²) in [6.07, 6.45) is 8.53. The topological polar surface area (TPSA) is 46.4 Å². The quantitative estimate of drug-likeness (QED) is 0.793. The van der Waals surface area contributed by atoms with Crippen molar-refractivity contribution < 1.29 is 4.79 Å². The van der Waals surface area contributed by atoms with E-state index in [1.165, 1.54) is 5.69 Å². The lowest BCUT2D eigenvalue weighted by molar-refractivity contribution is -0.120. The highest BCUT2D eigenvalue weighted by atomic mass is 16.1. The lowest BCUT2D eigenvalue weighted by Crippen LogP contribution is -2.16. The number of carbonyl (C=O) groups is 1. The first-order chi connectivity index (χ1) is 8.81. The molecule has 0 radical (unpaired) electrons. The Morgan fingerprint density at radius 3 is 3.06 bits per heavy atom. The number of nitrogens with zero attached hydrogens (tertiary/aromatic N) is 2. The second kappa shape index (κ2) is 6.19. The second-order valence-corrected chi connectivity index (χ2v) is 4.44. The van der Waals surface area contributed by atoms with Crippen molar-refractivity contribution in [2.24, 2.45) is 0 Å². The smallest absolute Gasteiger partial charge is 0.219 e. The van der Waals surface area contributed by atoms with Gasteiger partial charge in [-0.25, -0.2) is 4.98 Å². The van der Waals surface area contributed by atoms with Crippen molar-refractivity contribution in [3.63, 3.8) is 0 Å². The summed E-state index contributed by atoms with van der Waals surface area (Å²) in [5.74, 6) is 0.131. The first-order valence-corrected chi connectivity index (χ1v) is 6.42. The van der Waals surface area contributed by atoms with E-state index in [1.54, 1.807) is 7.05 Å². The molecule has 18 heavy (non-hydrogen) atoms. The van der Waals surface area contributed by atoms with Crippen LogP contribution in [0.1, 0.15) is 31.4 Å². The highest BCUT2D eigenvalue weighted by Gasteiger charge is 2.01. The summed E-state index contributed by atoms with van der Waals surface area (Å²) in [6.45, 7) is 0. The number of aromatic nitrogens is 2. The molecule has 4 heteroatoms. The average Bonchev–Trinajstić information content (AvgIpc) is 2.87. The van der Waals surface area contributed by atoms with E-state index in [9.17, 15) is 4.79 Å². The molecule has 2 rings (SSSR count). The van der Waals surface area contributed by atoms with Gasteiger partial charge in [-0.3, -0.25) is 4.79 Å². The number of aryl methyl sites for hydroxylation is 1. The number of imidazole rings is 1. The van der Waals surface area contributed by atoms with Crippen LogP contribution >= 0.6 is 0 Å². The molecule has 0 aliphatic heterocycles. The summed E-state index contributed by atoms with van der Waals surface area (Å²) >= 11 is 0. The molecule has 0 unspecified atom stereocenters. The summed E-state index contributed by atoms with van der Waals surface area (Å²) in [5, 5.41) is 2.64. The zero-order valence-electron chi connectivity index (χ0n) is 10.7. The Kier molecular flexibility index (Phi) is 4.34. The summed E-state index contributed by atoms with van der Waals surface area (Å²) in [5.41, 5.74) is 2.42. The molecule has 2 heterocycles. The van der Waals surface area contributed by atoms with E-state index < -0.39 is 0 Å². The molecular weight excluding hydrogens is 226 g/mol. The Morgan fingerprint density at radius 2 is 2.22 bits per heavy atom. The van der Waals surface area contributed by atoms with Crippen LogP contribution in [0, 0.1) is 0 Å². The summed E-state index contributed by atoms with van der Waals surface area (Å²) in [4.78, 5) is 15.2. The molecule has 2 aromatic heterocycles. The van der Waals surface area contributed by atoms with Gasteiger partial charge < -0.3 is 9.72 Å². The fraction of sp³-hybridized carbons (Fsp3) is 0.429. The minimum atomic E-state index is 0.131. The van der Waals surface area contributed by atoms with Gasteiger partial charge in [0.05, 0.1) is 18.0 Å². The molecule has 1 N–H and O–H groups in total.